The van der Waals surface area contributed by atoms with Crippen molar-refractivity contribution in [2.45, 2.75) is 70.3 Å². The first-order valence-electron chi connectivity index (χ1n) is 11.5. The summed E-state index contributed by atoms with van der Waals surface area (Å²) in [6.07, 6.45) is 6.73. The van der Waals surface area contributed by atoms with Gasteiger partial charge in [0.15, 0.2) is 11.0 Å². The van der Waals surface area contributed by atoms with Gasteiger partial charge in [-0.1, -0.05) is 29.5 Å². The van der Waals surface area contributed by atoms with Crippen LogP contribution in [0.4, 0.5) is 5.69 Å². The first-order chi connectivity index (χ1) is 14.7. The number of nitrogens with zero attached hydrogens (tertiary/aromatic N) is 3. The summed E-state index contributed by atoms with van der Waals surface area (Å²) in [5.41, 5.74) is 3.71. The number of aromatic nitrogens is 3. The number of thioether (sulfide) groups is 1. The molecule has 2 N–H and O–H groups in total. The highest BCUT2D eigenvalue weighted by Crippen LogP contribution is 2.22. The summed E-state index contributed by atoms with van der Waals surface area (Å²) in [7, 11) is 0. The van der Waals surface area contributed by atoms with Crippen LogP contribution in [-0.2, 0) is 17.8 Å². The third-order valence-electron chi connectivity index (χ3n) is 6.27. The fourth-order valence-corrected chi connectivity index (χ4v) is 5.51. The minimum atomic E-state index is 0.285. The lowest BCUT2D eigenvalue weighted by Crippen LogP contribution is -3.13. The van der Waals surface area contributed by atoms with E-state index in [9.17, 15) is 0 Å². The highest BCUT2D eigenvalue weighted by Gasteiger charge is 2.22. The average Bonchev–Trinajstić information content (AvgIpc) is 3.39. The van der Waals surface area contributed by atoms with E-state index in [-0.39, 0.29) is 6.10 Å². The molecule has 0 amide bonds. The summed E-state index contributed by atoms with van der Waals surface area (Å²) in [4.78, 5) is 1.75. The van der Waals surface area contributed by atoms with Gasteiger partial charge in [0, 0.05) is 12.3 Å². The number of anilines is 1. The summed E-state index contributed by atoms with van der Waals surface area (Å²) >= 11 is 1.86. The molecule has 164 valence electrons. The molecule has 0 spiro atoms. The molecule has 0 aliphatic carbocycles. The van der Waals surface area contributed by atoms with Crippen LogP contribution in [0, 0.1) is 13.8 Å². The topological polar surface area (TPSA) is 56.4 Å². The predicted molar refractivity (Wildman–Crippen MR) is 122 cm³/mol. The number of benzene rings is 1. The molecule has 2 aromatic rings. The van der Waals surface area contributed by atoms with Gasteiger partial charge >= 0.3 is 0 Å². The number of aryl methyl sites for hydroxylation is 2. The molecule has 2 aliphatic heterocycles. The van der Waals surface area contributed by atoms with Gasteiger partial charge < -0.3 is 19.5 Å². The van der Waals surface area contributed by atoms with Gasteiger partial charge in [0.25, 0.3) is 0 Å². The smallest absolute Gasteiger partial charge is 0.191 e. The van der Waals surface area contributed by atoms with Crippen LogP contribution in [0.1, 0.15) is 49.1 Å². The second-order valence-electron chi connectivity index (χ2n) is 8.73. The molecular weight excluding hydrogens is 394 g/mol. The molecule has 3 heterocycles. The van der Waals surface area contributed by atoms with Gasteiger partial charge in [-0.25, -0.2) is 0 Å². The number of rotatable bonds is 9. The molecular formula is C23H36N5OS+. The van der Waals surface area contributed by atoms with Gasteiger partial charge in [0.2, 0.25) is 0 Å². The van der Waals surface area contributed by atoms with Crippen molar-refractivity contribution in [2.75, 3.05) is 37.3 Å². The fourth-order valence-electron chi connectivity index (χ4n) is 4.51. The molecule has 0 saturated carbocycles. The monoisotopic (exact) mass is 430 g/mol. The van der Waals surface area contributed by atoms with Gasteiger partial charge in [-0.3, -0.25) is 0 Å². The van der Waals surface area contributed by atoms with Crippen molar-refractivity contribution in [1.29, 1.82) is 0 Å². The van der Waals surface area contributed by atoms with Crippen LogP contribution in [0.15, 0.2) is 23.4 Å². The maximum absolute atomic E-state index is 5.92. The predicted octanol–water partition coefficient (Wildman–Crippen LogP) is 2.85. The third-order valence-corrected chi connectivity index (χ3v) is 7.24. The first kappa shape index (κ1) is 21.7. The highest BCUT2D eigenvalue weighted by molar-refractivity contribution is 7.99. The molecule has 1 atom stereocenters. The molecule has 1 aromatic heterocycles. The molecule has 7 heteroatoms. The Kier molecular flexibility index (Phi) is 7.68. The van der Waals surface area contributed by atoms with Gasteiger partial charge in [0.05, 0.1) is 44.6 Å². The third kappa shape index (κ3) is 5.77. The minimum Gasteiger partial charge on any atom is -0.378 e. The van der Waals surface area contributed by atoms with Gasteiger partial charge in [-0.2, -0.15) is 0 Å². The molecule has 6 nitrogen and oxygen atoms in total. The standard InChI is InChI=1S/C23H35N5OS/c1-18-8-9-21(19(2)15-18)24-16-22-25-26-23(28(22)17-20-7-6-13-29-20)30-14-12-27-10-4-3-5-11-27/h8-9,15,20,24H,3-7,10-14,16-17H2,1-2H3/p+1. The Labute approximate surface area is 184 Å². The van der Waals surface area contributed by atoms with Crippen molar-refractivity contribution < 1.29 is 9.64 Å². The summed E-state index contributed by atoms with van der Waals surface area (Å²) in [5, 5.41) is 13.7. The average molecular weight is 431 g/mol. The second kappa shape index (κ2) is 10.6. The van der Waals surface area contributed by atoms with E-state index in [2.05, 4.69) is 52.1 Å². The number of ether oxygens (including phenoxy) is 1. The molecule has 1 unspecified atom stereocenters. The number of nitrogens with one attached hydrogen (secondary N) is 2. The van der Waals surface area contributed by atoms with E-state index in [1.807, 2.05) is 11.8 Å². The Bertz CT molecular complexity index is 812. The lowest BCUT2D eigenvalue weighted by molar-refractivity contribution is -0.902. The molecule has 0 bridgehead atoms. The van der Waals surface area contributed by atoms with Crippen molar-refractivity contribution in [2.24, 2.45) is 0 Å². The molecule has 2 fully saturated rings. The van der Waals surface area contributed by atoms with Crippen LogP contribution in [0.5, 0.6) is 0 Å². The van der Waals surface area contributed by atoms with Gasteiger partial charge in [-0.05, 0) is 57.6 Å². The summed E-state index contributed by atoms with van der Waals surface area (Å²) < 4.78 is 8.22. The van der Waals surface area contributed by atoms with Crippen LogP contribution in [0.25, 0.3) is 0 Å². The number of likely N-dealkylation sites (tertiary alicyclic amines) is 1. The Morgan fingerprint density at radius 1 is 1.17 bits per heavy atom. The summed E-state index contributed by atoms with van der Waals surface area (Å²) in [6, 6.07) is 6.52. The zero-order chi connectivity index (χ0) is 20.8. The number of piperidine rings is 1. The zero-order valence-electron chi connectivity index (χ0n) is 18.5. The quantitative estimate of drug-likeness (QED) is 0.599. The van der Waals surface area contributed by atoms with E-state index in [0.717, 1.165) is 48.4 Å². The first-order valence-corrected chi connectivity index (χ1v) is 12.5. The Morgan fingerprint density at radius 3 is 2.80 bits per heavy atom. The van der Waals surface area contributed by atoms with Crippen LogP contribution < -0.4 is 10.2 Å². The maximum Gasteiger partial charge on any atom is 0.191 e. The van der Waals surface area contributed by atoms with E-state index in [1.54, 1.807) is 4.90 Å². The fraction of sp³-hybridized carbons (Fsp3) is 0.652. The lowest BCUT2D eigenvalue weighted by Gasteiger charge is -2.23. The van der Waals surface area contributed by atoms with Gasteiger partial charge in [-0.15, -0.1) is 10.2 Å². The van der Waals surface area contributed by atoms with Crippen molar-refractivity contribution >= 4 is 17.4 Å². The minimum absolute atomic E-state index is 0.285. The Morgan fingerprint density at radius 2 is 2.03 bits per heavy atom. The molecule has 1 aromatic carbocycles. The second-order valence-corrected chi connectivity index (χ2v) is 9.79. The van der Waals surface area contributed by atoms with Crippen LogP contribution in [0.2, 0.25) is 0 Å². The van der Waals surface area contributed by atoms with E-state index in [0.29, 0.717) is 6.54 Å². The lowest BCUT2D eigenvalue weighted by atomic mass is 10.1. The normalized spacial score (nSPS) is 20.0. The van der Waals surface area contributed by atoms with E-state index < -0.39 is 0 Å². The van der Waals surface area contributed by atoms with Crippen LogP contribution >= 0.6 is 11.8 Å². The summed E-state index contributed by atoms with van der Waals surface area (Å²) in [6.45, 7) is 10.6. The number of hydrogen-bond donors (Lipinski definition) is 2. The largest absolute Gasteiger partial charge is 0.378 e. The van der Waals surface area contributed by atoms with Crippen molar-refractivity contribution in [3.05, 3.63) is 35.2 Å². The van der Waals surface area contributed by atoms with Crippen molar-refractivity contribution in [3.8, 4) is 0 Å². The highest BCUT2D eigenvalue weighted by atomic mass is 32.2. The summed E-state index contributed by atoms with van der Waals surface area (Å²) in [5.74, 6) is 2.10. The Balaban J connectivity index is 1.40. The number of hydrogen-bond acceptors (Lipinski definition) is 5. The van der Waals surface area contributed by atoms with Crippen molar-refractivity contribution in [1.82, 2.24) is 14.8 Å². The van der Waals surface area contributed by atoms with E-state index >= 15 is 0 Å². The van der Waals surface area contributed by atoms with Crippen LogP contribution in [-0.4, -0.2) is 52.9 Å². The number of quaternary nitrogens is 1. The van der Waals surface area contributed by atoms with E-state index in [1.165, 1.54) is 50.0 Å². The SMILES string of the molecule is Cc1ccc(NCc2nnc(SCC[NH+]3CCCCC3)n2CC2CCCO2)c(C)c1. The molecule has 2 aliphatic rings. The Hall–Kier alpha value is -1.57. The van der Waals surface area contributed by atoms with Crippen LogP contribution in [0.3, 0.4) is 0 Å². The van der Waals surface area contributed by atoms with Crippen molar-refractivity contribution in [3.63, 3.8) is 0 Å². The van der Waals surface area contributed by atoms with Gasteiger partial charge in [0.1, 0.15) is 0 Å². The molecule has 0 radical (unpaired) electrons. The molecule has 2 saturated heterocycles. The molecule has 4 rings (SSSR count). The van der Waals surface area contributed by atoms with E-state index in [4.69, 9.17) is 4.74 Å². The molecule has 30 heavy (non-hydrogen) atoms. The zero-order valence-corrected chi connectivity index (χ0v) is 19.3. The maximum atomic E-state index is 5.92.